The van der Waals surface area contributed by atoms with Crippen molar-refractivity contribution in [1.82, 2.24) is 0 Å². The summed E-state index contributed by atoms with van der Waals surface area (Å²) in [7, 11) is 0. The van der Waals surface area contributed by atoms with Crippen molar-refractivity contribution in [2.45, 2.75) is 57.3 Å². The SMILES string of the molecule is CC1CCC(COc2ccc3c(c2)[C@@H](O)CCC3)O1. The highest BCUT2D eigenvalue weighted by atomic mass is 16.5. The molecule has 1 aromatic carbocycles. The van der Waals surface area contributed by atoms with Gasteiger partial charge in [0.1, 0.15) is 12.4 Å². The molecule has 0 aromatic heterocycles. The van der Waals surface area contributed by atoms with E-state index in [0.29, 0.717) is 12.7 Å². The van der Waals surface area contributed by atoms with E-state index in [1.165, 1.54) is 5.56 Å². The van der Waals surface area contributed by atoms with E-state index >= 15 is 0 Å². The van der Waals surface area contributed by atoms with Gasteiger partial charge in [-0.3, -0.25) is 0 Å². The topological polar surface area (TPSA) is 38.7 Å². The van der Waals surface area contributed by atoms with E-state index in [0.717, 1.165) is 43.4 Å². The molecule has 19 heavy (non-hydrogen) atoms. The molecule has 0 amide bonds. The van der Waals surface area contributed by atoms with Crippen molar-refractivity contribution >= 4 is 0 Å². The van der Waals surface area contributed by atoms with Gasteiger partial charge in [-0.05, 0) is 62.3 Å². The molecule has 1 aliphatic carbocycles. The lowest BCUT2D eigenvalue weighted by molar-refractivity contribution is 0.0264. The first-order chi connectivity index (χ1) is 9.22. The number of benzene rings is 1. The molecule has 2 aliphatic rings. The predicted molar refractivity (Wildman–Crippen MR) is 73.4 cm³/mol. The van der Waals surface area contributed by atoms with E-state index in [1.807, 2.05) is 12.1 Å². The quantitative estimate of drug-likeness (QED) is 0.910. The first kappa shape index (κ1) is 12.9. The summed E-state index contributed by atoms with van der Waals surface area (Å²) in [6, 6.07) is 6.10. The highest BCUT2D eigenvalue weighted by Crippen LogP contribution is 2.32. The summed E-state index contributed by atoms with van der Waals surface area (Å²) in [5.74, 6) is 0.850. The fourth-order valence-electron chi connectivity index (χ4n) is 3.04. The maximum atomic E-state index is 10.0. The summed E-state index contributed by atoms with van der Waals surface area (Å²) in [6.07, 6.45) is 5.45. The molecular formula is C16H22O3. The maximum absolute atomic E-state index is 10.0. The highest BCUT2D eigenvalue weighted by molar-refractivity contribution is 5.38. The number of aryl methyl sites for hydroxylation is 1. The van der Waals surface area contributed by atoms with Crippen LogP contribution in [0.2, 0.25) is 0 Å². The number of hydrogen-bond acceptors (Lipinski definition) is 3. The van der Waals surface area contributed by atoms with Crippen molar-refractivity contribution in [2.24, 2.45) is 0 Å². The van der Waals surface area contributed by atoms with E-state index < -0.39 is 0 Å². The monoisotopic (exact) mass is 262 g/mol. The molecule has 0 spiro atoms. The van der Waals surface area contributed by atoms with Crippen LogP contribution >= 0.6 is 0 Å². The van der Waals surface area contributed by atoms with Gasteiger partial charge in [-0.25, -0.2) is 0 Å². The van der Waals surface area contributed by atoms with Crippen LogP contribution in [0.25, 0.3) is 0 Å². The summed E-state index contributed by atoms with van der Waals surface area (Å²) in [5, 5.41) is 10.0. The second-order valence-corrected chi connectivity index (χ2v) is 5.73. The zero-order valence-electron chi connectivity index (χ0n) is 11.5. The van der Waals surface area contributed by atoms with Gasteiger partial charge in [0, 0.05) is 0 Å². The summed E-state index contributed by atoms with van der Waals surface area (Å²) < 4.78 is 11.6. The molecule has 1 aliphatic heterocycles. The molecule has 3 atom stereocenters. The van der Waals surface area contributed by atoms with Crippen LogP contribution in [-0.2, 0) is 11.2 Å². The molecule has 3 rings (SSSR count). The minimum absolute atomic E-state index is 0.218. The zero-order chi connectivity index (χ0) is 13.2. The molecule has 1 heterocycles. The molecule has 1 saturated heterocycles. The van der Waals surface area contributed by atoms with E-state index in [1.54, 1.807) is 0 Å². The summed E-state index contributed by atoms with van der Waals surface area (Å²) in [5.41, 5.74) is 2.31. The third-order valence-corrected chi connectivity index (χ3v) is 4.16. The molecular weight excluding hydrogens is 240 g/mol. The lowest BCUT2D eigenvalue weighted by Crippen LogP contribution is -2.18. The Morgan fingerprint density at radius 2 is 2.21 bits per heavy atom. The van der Waals surface area contributed by atoms with E-state index in [4.69, 9.17) is 9.47 Å². The lowest BCUT2D eigenvalue weighted by Gasteiger charge is -2.22. The van der Waals surface area contributed by atoms with Gasteiger partial charge < -0.3 is 14.6 Å². The van der Waals surface area contributed by atoms with Crippen molar-refractivity contribution in [1.29, 1.82) is 0 Å². The molecule has 3 nitrogen and oxygen atoms in total. The Bertz CT molecular complexity index is 444. The summed E-state index contributed by atoms with van der Waals surface area (Å²) >= 11 is 0. The molecule has 1 aromatic rings. The van der Waals surface area contributed by atoms with Crippen LogP contribution in [-0.4, -0.2) is 23.9 Å². The van der Waals surface area contributed by atoms with Crippen LogP contribution in [0.3, 0.4) is 0 Å². The minimum atomic E-state index is -0.324. The van der Waals surface area contributed by atoms with Crippen LogP contribution < -0.4 is 4.74 Å². The Hall–Kier alpha value is -1.06. The fraction of sp³-hybridized carbons (Fsp3) is 0.625. The van der Waals surface area contributed by atoms with Gasteiger partial charge in [-0.2, -0.15) is 0 Å². The Kier molecular flexibility index (Phi) is 3.76. The van der Waals surface area contributed by atoms with Gasteiger partial charge >= 0.3 is 0 Å². The molecule has 0 bridgehead atoms. The first-order valence-electron chi connectivity index (χ1n) is 7.31. The molecule has 3 heteroatoms. The van der Waals surface area contributed by atoms with Gasteiger partial charge in [0.05, 0.1) is 18.3 Å². The maximum Gasteiger partial charge on any atom is 0.119 e. The van der Waals surface area contributed by atoms with Gasteiger partial charge in [0.2, 0.25) is 0 Å². The number of fused-ring (bicyclic) bond motifs is 1. The van der Waals surface area contributed by atoms with Gasteiger partial charge in [-0.15, -0.1) is 0 Å². The Morgan fingerprint density at radius 1 is 1.32 bits per heavy atom. The number of rotatable bonds is 3. The zero-order valence-corrected chi connectivity index (χ0v) is 11.5. The largest absolute Gasteiger partial charge is 0.491 e. The van der Waals surface area contributed by atoms with Crippen molar-refractivity contribution in [3.05, 3.63) is 29.3 Å². The second kappa shape index (κ2) is 5.51. The van der Waals surface area contributed by atoms with Crippen LogP contribution in [0.5, 0.6) is 5.75 Å². The molecule has 104 valence electrons. The van der Waals surface area contributed by atoms with Gasteiger partial charge in [0.25, 0.3) is 0 Å². The Balaban J connectivity index is 1.63. The molecule has 2 unspecified atom stereocenters. The highest BCUT2D eigenvalue weighted by Gasteiger charge is 2.23. The summed E-state index contributed by atoms with van der Waals surface area (Å²) in [6.45, 7) is 2.72. The Morgan fingerprint density at radius 3 is 3.00 bits per heavy atom. The molecule has 1 fully saturated rings. The number of hydrogen-bond donors (Lipinski definition) is 1. The van der Waals surface area contributed by atoms with Crippen molar-refractivity contribution in [3.8, 4) is 5.75 Å². The van der Waals surface area contributed by atoms with Crippen LogP contribution in [0, 0.1) is 0 Å². The third-order valence-electron chi connectivity index (χ3n) is 4.16. The van der Waals surface area contributed by atoms with E-state index in [2.05, 4.69) is 13.0 Å². The predicted octanol–water partition coefficient (Wildman–Crippen LogP) is 3.00. The van der Waals surface area contributed by atoms with Crippen LogP contribution in [0.1, 0.15) is 49.8 Å². The molecule has 1 N–H and O–H groups in total. The van der Waals surface area contributed by atoms with Gasteiger partial charge in [-0.1, -0.05) is 6.07 Å². The van der Waals surface area contributed by atoms with Crippen LogP contribution in [0.4, 0.5) is 0 Å². The Labute approximate surface area is 114 Å². The van der Waals surface area contributed by atoms with Gasteiger partial charge in [0.15, 0.2) is 0 Å². The van der Waals surface area contributed by atoms with Crippen molar-refractivity contribution < 1.29 is 14.6 Å². The molecule has 0 radical (unpaired) electrons. The van der Waals surface area contributed by atoms with Crippen molar-refractivity contribution in [2.75, 3.05) is 6.61 Å². The van der Waals surface area contributed by atoms with Crippen molar-refractivity contribution in [3.63, 3.8) is 0 Å². The smallest absolute Gasteiger partial charge is 0.119 e. The number of ether oxygens (including phenoxy) is 2. The standard InChI is InChI=1S/C16H22O3/c1-11-5-7-14(19-11)10-18-13-8-6-12-3-2-4-16(17)15(12)9-13/h6,8-9,11,14,16-17H,2-5,7,10H2,1H3/t11?,14?,16-/m0/s1. The first-order valence-corrected chi connectivity index (χ1v) is 7.31. The fourth-order valence-corrected chi connectivity index (χ4v) is 3.04. The van der Waals surface area contributed by atoms with Crippen LogP contribution in [0.15, 0.2) is 18.2 Å². The number of aliphatic hydroxyl groups is 1. The number of aliphatic hydroxyl groups excluding tert-OH is 1. The van der Waals surface area contributed by atoms with E-state index in [9.17, 15) is 5.11 Å². The average Bonchev–Trinajstić information content (AvgIpc) is 2.83. The second-order valence-electron chi connectivity index (χ2n) is 5.73. The normalized spacial score (nSPS) is 30.1. The lowest BCUT2D eigenvalue weighted by atomic mass is 9.89. The van der Waals surface area contributed by atoms with E-state index in [-0.39, 0.29) is 12.2 Å². The average molecular weight is 262 g/mol. The minimum Gasteiger partial charge on any atom is -0.491 e. The summed E-state index contributed by atoms with van der Waals surface area (Å²) in [4.78, 5) is 0. The third kappa shape index (κ3) is 2.93. The molecule has 0 saturated carbocycles.